The van der Waals surface area contributed by atoms with Crippen LogP contribution in [0.1, 0.15) is 44.0 Å². The molecule has 2 N–H and O–H groups in total. The van der Waals surface area contributed by atoms with Crippen molar-refractivity contribution in [3.63, 3.8) is 0 Å². The van der Waals surface area contributed by atoms with Crippen LogP contribution >= 0.6 is 0 Å². The molecule has 1 saturated heterocycles. The van der Waals surface area contributed by atoms with E-state index >= 15 is 0 Å². The standard InChI is InChI=1S/C17H26N2O2/c1-13(2)21-15-7-5-14(6-8-15)16(20)19-12-17(3)9-4-10-18-11-17/h5-8,13,18H,4,9-12H2,1-3H3,(H,19,20). The van der Waals surface area contributed by atoms with E-state index in [-0.39, 0.29) is 17.4 Å². The third-order valence-electron chi connectivity index (χ3n) is 3.85. The van der Waals surface area contributed by atoms with Crippen LogP contribution in [0.15, 0.2) is 24.3 Å². The van der Waals surface area contributed by atoms with E-state index in [2.05, 4.69) is 17.6 Å². The highest BCUT2D eigenvalue weighted by Gasteiger charge is 2.27. The zero-order valence-corrected chi connectivity index (χ0v) is 13.2. The van der Waals surface area contributed by atoms with Crippen LogP contribution in [-0.4, -0.2) is 31.6 Å². The number of amides is 1. The SMILES string of the molecule is CC(C)Oc1ccc(C(=O)NCC2(C)CCCNC2)cc1. The summed E-state index contributed by atoms with van der Waals surface area (Å²) < 4.78 is 5.58. The molecule has 1 aliphatic heterocycles. The Labute approximate surface area is 127 Å². The van der Waals surface area contributed by atoms with Crippen molar-refractivity contribution in [3.8, 4) is 5.75 Å². The van der Waals surface area contributed by atoms with Crippen molar-refractivity contribution >= 4 is 5.91 Å². The Morgan fingerprint density at radius 1 is 1.38 bits per heavy atom. The van der Waals surface area contributed by atoms with Crippen LogP contribution in [0.2, 0.25) is 0 Å². The van der Waals surface area contributed by atoms with Gasteiger partial charge in [0.2, 0.25) is 0 Å². The second-order valence-electron chi connectivity index (χ2n) is 6.46. The first kappa shape index (κ1) is 15.8. The first-order valence-electron chi connectivity index (χ1n) is 7.74. The van der Waals surface area contributed by atoms with Crippen LogP contribution in [0.25, 0.3) is 0 Å². The molecule has 1 aromatic rings. The molecule has 0 saturated carbocycles. The highest BCUT2D eigenvalue weighted by atomic mass is 16.5. The van der Waals surface area contributed by atoms with Gasteiger partial charge in [0.05, 0.1) is 6.10 Å². The molecular weight excluding hydrogens is 264 g/mol. The fourth-order valence-corrected chi connectivity index (χ4v) is 2.62. The van der Waals surface area contributed by atoms with Crippen LogP contribution in [0.3, 0.4) is 0 Å². The van der Waals surface area contributed by atoms with Crippen molar-refractivity contribution in [3.05, 3.63) is 29.8 Å². The molecule has 1 aromatic carbocycles. The second kappa shape index (κ2) is 6.94. The monoisotopic (exact) mass is 290 g/mol. The van der Waals surface area contributed by atoms with Gasteiger partial charge in [0.15, 0.2) is 0 Å². The third kappa shape index (κ3) is 4.74. The van der Waals surface area contributed by atoms with E-state index in [9.17, 15) is 4.79 Å². The lowest BCUT2D eigenvalue weighted by molar-refractivity contribution is 0.0924. The van der Waals surface area contributed by atoms with Gasteiger partial charge in [0.25, 0.3) is 5.91 Å². The van der Waals surface area contributed by atoms with Crippen LogP contribution in [0.4, 0.5) is 0 Å². The molecule has 0 radical (unpaired) electrons. The van der Waals surface area contributed by atoms with Gasteiger partial charge in [-0.05, 0) is 62.9 Å². The van der Waals surface area contributed by atoms with Crippen LogP contribution in [0, 0.1) is 5.41 Å². The Balaban J connectivity index is 1.88. The minimum absolute atomic E-state index is 0.0158. The number of rotatable bonds is 5. The molecule has 0 bridgehead atoms. The quantitative estimate of drug-likeness (QED) is 0.876. The number of benzene rings is 1. The molecule has 0 aromatic heterocycles. The average Bonchev–Trinajstić information content (AvgIpc) is 2.46. The molecule has 1 unspecified atom stereocenters. The molecule has 4 heteroatoms. The van der Waals surface area contributed by atoms with Gasteiger partial charge in [-0.25, -0.2) is 0 Å². The van der Waals surface area contributed by atoms with Gasteiger partial charge in [-0.3, -0.25) is 4.79 Å². The summed E-state index contributed by atoms with van der Waals surface area (Å²) in [5.74, 6) is 0.780. The molecule has 116 valence electrons. The fourth-order valence-electron chi connectivity index (χ4n) is 2.62. The number of hydrogen-bond acceptors (Lipinski definition) is 3. The fraction of sp³-hybridized carbons (Fsp3) is 0.588. The first-order chi connectivity index (χ1) is 9.98. The number of hydrogen-bond donors (Lipinski definition) is 2. The van der Waals surface area contributed by atoms with Gasteiger partial charge in [-0.15, -0.1) is 0 Å². The Morgan fingerprint density at radius 2 is 2.10 bits per heavy atom. The largest absolute Gasteiger partial charge is 0.491 e. The van der Waals surface area contributed by atoms with Gasteiger partial charge in [0.1, 0.15) is 5.75 Å². The molecular formula is C17H26N2O2. The molecule has 4 nitrogen and oxygen atoms in total. The summed E-state index contributed by atoms with van der Waals surface area (Å²) in [6.45, 7) is 8.95. The lowest BCUT2D eigenvalue weighted by Crippen LogP contribution is -2.45. The number of ether oxygens (including phenoxy) is 1. The van der Waals surface area contributed by atoms with E-state index in [0.717, 1.165) is 25.3 Å². The van der Waals surface area contributed by atoms with E-state index in [4.69, 9.17) is 4.74 Å². The Hall–Kier alpha value is -1.55. The van der Waals surface area contributed by atoms with Crippen molar-refractivity contribution < 1.29 is 9.53 Å². The Bertz CT molecular complexity index is 462. The summed E-state index contributed by atoms with van der Waals surface area (Å²) in [5.41, 5.74) is 0.840. The summed E-state index contributed by atoms with van der Waals surface area (Å²) in [6, 6.07) is 7.32. The van der Waals surface area contributed by atoms with E-state index in [1.54, 1.807) is 0 Å². The number of carbonyl (C=O) groups is 1. The molecule has 1 amide bonds. The first-order valence-corrected chi connectivity index (χ1v) is 7.74. The van der Waals surface area contributed by atoms with Gasteiger partial charge in [0, 0.05) is 18.7 Å². The van der Waals surface area contributed by atoms with E-state index in [1.807, 2.05) is 38.1 Å². The number of piperidine rings is 1. The Kier molecular flexibility index (Phi) is 5.23. The molecule has 1 fully saturated rings. The molecule has 21 heavy (non-hydrogen) atoms. The Morgan fingerprint density at radius 3 is 2.67 bits per heavy atom. The zero-order chi connectivity index (χ0) is 15.3. The van der Waals surface area contributed by atoms with E-state index in [1.165, 1.54) is 6.42 Å². The summed E-state index contributed by atoms with van der Waals surface area (Å²) in [4.78, 5) is 12.2. The molecule has 0 aliphatic carbocycles. The average molecular weight is 290 g/mol. The third-order valence-corrected chi connectivity index (χ3v) is 3.85. The van der Waals surface area contributed by atoms with Crippen molar-refractivity contribution in [2.45, 2.75) is 39.7 Å². The van der Waals surface area contributed by atoms with E-state index in [0.29, 0.717) is 12.1 Å². The normalized spacial score (nSPS) is 22.1. The van der Waals surface area contributed by atoms with Crippen LogP contribution in [0.5, 0.6) is 5.75 Å². The molecule has 0 spiro atoms. The lowest BCUT2D eigenvalue weighted by atomic mass is 9.83. The summed E-state index contributed by atoms with van der Waals surface area (Å²) >= 11 is 0. The zero-order valence-electron chi connectivity index (χ0n) is 13.2. The van der Waals surface area contributed by atoms with Crippen molar-refractivity contribution in [1.82, 2.24) is 10.6 Å². The van der Waals surface area contributed by atoms with Gasteiger partial charge in [-0.2, -0.15) is 0 Å². The number of nitrogens with one attached hydrogen (secondary N) is 2. The van der Waals surface area contributed by atoms with Gasteiger partial charge < -0.3 is 15.4 Å². The smallest absolute Gasteiger partial charge is 0.251 e. The topological polar surface area (TPSA) is 50.4 Å². The predicted molar refractivity (Wildman–Crippen MR) is 84.7 cm³/mol. The van der Waals surface area contributed by atoms with Crippen molar-refractivity contribution in [2.24, 2.45) is 5.41 Å². The van der Waals surface area contributed by atoms with Gasteiger partial charge >= 0.3 is 0 Å². The predicted octanol–water partition coefficient (Wildman–Crippen LogP) is 2.59. The summed E-state index contributed by atoms with van der Waals surface area (Å²) in [7, 11) is 0. The second-order valence-corrected chi connectivity index (χ2v) is 6.46. The molecule has 2 rings (SSSR count). The summed E-state index contributed by atoms with van der Waals surface area (Å²) in [6.07, 6.45) is 2.47. The van der Waals surface area contributed by atoms with Crippen LogP contribution in [-0.2, 0) is 0 Å². The number of carbonyl (C=O) groups excluding carboxylic acids is 1. The molecule has 1 aliphatic rings. The van der Waals surface area contributed by atoms with E-state index < -0.39 is 0 Å². The minimum atomic E-state index is -0.0158. The lowest BCUT2D eigenvalue weighted by Gasteiger charge is -2.34. The maximum atomic E-state index is 12.2. The summed E-state index contributed by atoms with van der Waals surface area (Å²) in [5, 5.41) is 6.45. The minimum Gasteiger partial charge on any atom is -0.491 e. The maximum Gasteiger partial charge on any atom is 0.251 e. The highest BCUT2D eigenvalue weighted by Crippen LogP contribution is 2.24. The van der Waals surface area contributed by atoms with Crippen LogP contribution < -0.4 is 15.4 Å². The maximum absolute atomic E-state index is 12.2. The molecule has 1 atom stereocenters. The van der Waals surface area contributed by atoms with Crippen molar-refractivity contribution in [1.29, 1.82) is 0 Å². The van der Waals surface area contributed by atoms with Crippen molar-refractivity contribution in [2.75, 3.05) is 19.6 Å². The van der Waals surface area contributed by atoms with Gasteiger partial charge in [-0.1, -0.05) is 6.92 Å². The molecule has 1 heterocycles. The highest BCUT2D eigenvalue weighted by molar-refractivity contribution is 5.94.